The zero-order valence-electron chi connectivity index (χ0n) is 10.4. The summed E-state index contributed by atoms with van der Waals surface area (Å²) in [7, 11) is 2.22. The molecule has 2 aliphatic rings. The van der Waals surface area contributed by atoms with Gasteiger partial charge in [0.15, 0.2) is 0 Å². The van der Waals surface area contributed by atoms with Crippen LogP contribution in [0.2, 0.25) is 0 Å². The molecule has 1 aliphatic heterocycles. The third-order valence-corrected chi connectivity index (χ3v) is 3.71. The average molecular weight is 211 g/mol. The lowest BCUT2D eigenvalue weighted by Gasteiger charge is -2.30. The topological polar surface area (TPSA) is 32.5 Å². The highest BCUT2D eigenvalue weighted by atomic mass is 15.3. The van der Waals surface area contributed by atoms with Gasteiger partial charge in [0.2, 0.25) is 0 Å². The van der Waals surface area contributed by atoms with Crippen LogP contribution in [-0.2, 0) is 0 Å². The summed E-state index contributed by atoms with van der Waals surface area (Å²) >= 11 is 0. The van der Waals surface area contributed by atoms with Crippen molar-refractivity contribution in [1.29, 1.82) is 0 Å². The van der Waals surface area contributed by atoms with Gasteiger partial charge < -0.3 is 10.6 Å². The summed E-state index contributed by atoms with van der Waals surface area (Å²) in [6.45, 7) is 9.10. The van der Waals surface area contributed by atoms with E-state index in [4.69, 9.17) is 5.73 Å². The molecule has 15 heavy (non-hydrogen) atoms. The van der Waals surface area contributed by atoms with Gasteiger partial charge in [-0.3, -0.25) is 4.90 Å². The molecule has 1 heterocycles. The van der Waals surface area contributed by atoms with Crippen molar-refractivity contribution in [3.8, 4) is 0 Å². The minimum absolute atomic E-state index is 0.404. The molecule has 1 saturated carbocycles. The molecular weight excluding hydrogens is 186 g/mol. The van der Waals surface area contributed by atoms with E-state index in [1.54, 1.807) is 0 Å². The van der Waals surface area contributed by atoms with E-state index in [9.17, 15) is 0 Å². The molecule has 2 rings (SSSR count). The summed E-state index contributed by atoms with van der Waals surface area (Å²) < 4.78 is 0. The molecule has 2 fully saturated rings. The summed E-state index contributed by atoms with van der Waals surface area (Å²) in [5, 5.41) is 0. The number of hydrogen-bond acceptors (Lipinski definition) is 3. The van der Waals surface area contributed by atoms with Crippen LogP contribution in [0.1, 0.15) is 26.7 Å². The lowest BCUT2D eigenvalue weighted by molar-refractivity contribution is 0.188. The predicted octanol–water partition coefficient (Wildman–Crippen LogP) is 0.750. The van der Waals surface area contributed by atoms with Crippen LogP contribution in [0.3, 0.4) is 0 Å². The van der Waals surface area contributed by atoms with Crippen molar-refractivity contribution in [2.75, 3.05) is 33.2 Å². The molecule has 1 aliphatic carbocycles. The van der Waals surface area contributed by atoms with Crippen LogP contribution in [0.5, 0.6) is 0 Å². The Morgan fingerprint density at radius 1 is 1.27 bits per heavy atom. The Bertz CT molecular complexity index is 223. The van der Waals surface area contributed by atoms with Crippen LogP contribution in [0.4, 0.5) is 0 Å². The van der Waals surface area contributed by atoms with Gasteiger partial charge in [0, 0.05) is 38.3 Å². The number of nitrogens with two attached hydrogens (primary N) is 1. The first-order chi connectivity index (χ1) is 7.02. The average Bonchev–Trinajstić information content (AvgIpc) is 2.91. The molecule has 0 amide bonds. The van der Waals surface area contributed by atoms with Crippen molar-refractivity contribution in [3.63, 3.8) is 0 Å². The first-order valence-electron chi connectivity index (χ1n) is 6.16. The van der Waals surface area contributed by atoms with Gasteiger partial charge in [-0.2, -0.15) is 0 Å². The van der Waals surface area contributed by atoms with Gasteiger partial charge in [-0.05, 0) is 25.3 Å². The minimum atomic E-state index is 0.404. The molecule has 0 spiro atoms. The largest absolute Gasteiger partial charge is 0.329 e. The van der Waals surface area contributed by atoms with Crippen LogP contribution in [0, 0.1) is 5.41 Å². The third kappa shape index (κ3) is 2.71. The van der Waals surface area contributed by atoms with E-state index in [1.807, 2.05) is 0 Å². The Kier molecular flexibility index (Phi) is 3.06. The third-order valence-electron chi connectivity index (χ3n) is 3.71. The van der Waals surface area contributed by atoms with Crippen molar-refractivity contribution in [1.82, 2.24) is 9.80 Å². The van der Waals surface area contributed by atoms with E-state index in [0.717, 1.165) is 19.1 Å². The van der Waals surface area contributed by atoms with Gasteiger partial charge in [0.25, 0.3) is 0 Å². The molecule has 2 N–H and O–H groups in total. The first kappa shape index (κ1) is 11.4. The van der Waals surface area contributed by atoms with E-state index < -0.39 is 0 Å². The molecule has 88 valence electrons. The molecule has 0 aromatic rings. The van der Waals surface area contributed by atoms with Crippen LogP contribution in [0.15, 0.2) is 0 Å². The normalized spacial score (nSPS) is 34.0. The van der Waals surface area contributed by atoms with Gasteiger partial charge in [-0.1, -0.05) is 13.8 Å². The van der Waals surface area contributed by atoms with E-state index in [2.05, 4.69) is 30.7 Å². The van der Waals surface area contributed by atoms with Gasteiger partial charge in [-0.15, -0.1) is 0 Å². The number of nitrogens with zero attached hydrogens (tertiary/aromatic N) is 2. The molecule has 0 radical (unpaired) electrons. The van der Waals surface area contributed by atoms with Gasteiger partial charge in [0.1, 0.15) is 0 Å². The van der Waals surface area contributed by atoms with E-state index in [-0.39, 0.29) is 0 Å². The van der Waals surface area contributed by atoms with Crippen molar-refractivity contribution in [2.24, 2.45) is 11.1 Å². The molecule has 3 heteroatoms. The van der Waals surface area contributed by atoms with Gasteiger partial charge in [0.05, 0.1) is 0 Å². The second-order valence-electron chi connectivity index (χ2n) is 6.13. The molecule has 0 aromatic heterocycles. The Morgan fingerprint density at radius 3 is 2.47 bits per heavy atom. The molecule has 1 unspecified atom stereocenters. The molecule has 3 nitrogen and oxygen atoms in total. The maximum absolute atomic E-state index is 5.87. The fourth-order valence-corrected chi connectivity index (χ4v) is 2.85. The Hall–Kier alpha value is -0.120. The van der Waals surface area contributed by atoms with Crippen LogP contribution in [0.25, 0.3) is 0 Å². The maximum Gasteiger partial charge on any atom is 0.0342 e. The van der Waals surface area contributed by atoms with E-state index in [1.165, 1.54) is 25.9 Å². The molecule has 0 bridgehead atoms. The maximum atomic E-state index is 5.87. The Balaban J connectivity index is 2.07. The van der Waals surface area contributed by atoms with E-state index >= 15 is 0 Å². The van der Waals surface area contributed by atoms with Crippen LogP contribution in [-0.4, -0.2) is 55.1 Å². The predicted molar refractivity (Wildman–Crippen MR) is 63.8 cm³/mol. The van der Waals surface area contributed by atoms with Crippen molar-refractivity contribution >= 4 is 0 Å². The SMILES string of the molecule is CN1CC(C)(C)CN(C2CC2)CC1CN. The van der Waals surface area contributed by atoms with Crippen LogP contribution >= 0.6 is 0 Å². The number of likely N-dealkylation sites (N-methyl/N-ethyl adjacent to an activating group) is 1. The summed E-state index contributed by atoms with van der Waals surface area (Å²) in [5.74, 6) is 0. The lowest BCUT2D eigenvalue weighted by Crippen LogP contribution is -2.44. The molecular formula is C12H25N3. The highest BCUT2D eigenvalue weighted by Crippen LogP contribution is 2.32. The second kappa shape index (κ2) is 4.04. The number of hydrogen-bond donors (Lipinski definition) is 1. The Labute approximate surface area is 93.6 Å². The highest BCUT2D eigenvalue weighted by Gasteiger charge is 2.38. The standard InChI is InChI=1S/C12H25N3/c1-12(2)8-14(3)11(6-13)7-15(9-12)10-4-5-10/h10-11H,4-9,13H2,1-3H3. The Morgan fingerprint density at radius 2 is 1.93 bits per heavy atom. The summed E-state index contributed by atoms with van der Waals surface area (Å²) in [5.41, 5.74) is 6.27. The first-order valence-corrected chi connectivity index (χ1v) is 6.16. The summed E-state index contributed by atoms with van der Waals surface area (Å²) in [4.78, 5) is 5.11. The highest BCUT2D eigenvalue weighted by molar-refractivity contribution is 4.94. The van der Waals surface area contributed by atoms with Crippen molar-refractivity contribution < 1.29 is 0 Å². The van der Waals surface area contributed by atoms with E-state index in [0.29, 0.717) is 11.5 Å². The van der Waals surface area contributed by atoms with Gasteiger partial charge >= 0.3 is 0 Å². The fraction of sp³-hybridized carbons (Fsp3) is 1.00. The van der Waals surface area contributed by atoms with Crippen LogP contribution < -0.4 is 5.73 Å². The smallest absolute Gasteiger partial charge is 0.0342 e. The zero-order valence-corrected chi connectivity index (χ0v) is 10.4. The van der Waals surface area contributed by atoms with Crippen molar-refractivity contribution in [3.05, 3.63) is 0 Å². The molecule has 0 aromatic carbocycles. The minimum Gasteiger partial charge on any atom is -0.329 e. The quantitative estimate of drug-likeness (QED) is 0.731. The number of rotatable bonds is 2. The summed E-state index contributed by atoms with van der Waals surface area (Å²) in [6, 6.07) is 1.41. The molecule has 1 saturated heterocycles. The van der Waals surface area contributed by atoms with Gasteiger partial charge in [-0.25, -0.2) is 0 Å². The monoisotopic (exact) mass is 211 g/mol. The lowest BCUT2D eigenvalue weighted by atomic mass is 9.92. The molecule has 1 atom stereocenters. The second-order valence-corrected chi connectivity index (χ2v) is 6.13. The summed E-state index contributed by atoms with van der Waals surface area (Å²) in [6.07, 6.45) is 2.80. The zero-order chi connectivity index (χ0) is 11.1. The fourth-order valence-electron chi connectivity index (χ4n) is 2.85. The van der Waals surface area contributed by atoms with Crippen molar-refractivity contribution in [2.45, 2.75) is 38.8 Å².